The summed E-state index contributed by atoms with van der Waals surface area (Å²) in [6, 6.07) is 0. The van der Waals surface area contributed by atoms with Crippen LogP contribution in [0.3, 0.4) is 0 Å². The molecule has 20 atom stereocenters. The van der Waals surface area contributed by atoms with Gasteiger partial charge in [0, 0.05) is 0 Å². The van der Waals surface area contributed by atoms with Crippen LogP contribution in [0.1, 0.15) is 0 Å². The number of aliphatic hydroxyl groups is 12. The van der Waals surface area contributed by atoms with Crippen LogP contribution in [0.4, 0.5) is 0 Å². The van der Waals surface area contributed by atoms with Gasteiger partial charge in [-0.3, -0.25) is 0 Å². The molecule has 0 spiro atoms. The van der Waals surface area contributed by atoms with E-state index in [1.54, 1.807) is 0 Å². The van der Waals surface area contributed by atoms with E-state index in [-0.39, 0.29) is 0 Å². The molecule has 0 saturated carbocycles. The molecule has 0 bridgehead atoms. The summed E-state index contributed by atoms with van der Waals surface area (Å²) in [7, 11) is 0. The number of aliphatic hydroxyl groups excluding tert-OH is 12. The molecule has 0 aromatic rings. The van der Waals surface area contributed by atoms with Crippen molar-refractivity contribution >= 4 is 0 Å². The smallest absolute Gasteiger partial charge is 0.187 e. The standard InChI is InChI=1S/C24H40O20/c25-1-5-9(29)10(30)14(34)22(38-5)44-18-8(4-28)40-24(20-19(18)41-20)43-17-7(3-27)39-23(15(35)12(17)32)42-16-6(2-26)37-21(36)13(33)11(16)31/h5-36H,1-4H2/t5-,6-,7-,8-,9-,10+,11-,12-,13-,14-,15-,16-,17-,18-,19-,20-,21?,22-,23-,24-/m1/s1. The highest BCUT2D eigenvalue weighted by molar-refractivity contribution is 5.04. The predicted molar refractivity (Wildman–Crippen MR) is 131 cm³/mol. The van der Waals surface area contributed by atoms with Gasteiger partial charge in [-0.2, -0.15) is 0 Å². The maximum Gasteiger partial charge on any atom is 0.187 e. The fourth-order valence-corrected chi connectivity index (χ4v) is 5.79. The van der Waals surface area contributed by atoms with E-state index in [1.807, 2.05) is 0 Å². The average Bonchev–Trinajstić information content (AvgIpc) is 3.83. The summed E-state index contributed by atoms with van der Waals surface area (Å²) in [4.78, 5) is 0. The maximum atomic E-state index is 10.9. The van der Waals surface area contributed by atoms with E-state index >= 15 is 0 Å². The van der Waals surface area contributed by atoms with Crippen molar-refractivity contribution in [2.75, 3.05) is 26.4 Å². The van der Waals surface area contributed by atoms with Crippen LogP contribution in [0.2, 0.25) is 0 Å². The third-order valence-electron chi connectivity index (χ3n) is 8.39. The van der Waals surface area contributed by atoms with Crippen molar-refractivity contribution in [3.63, 3.8) is 0 Å². The van der Waals surface area contributed by atoms with Gasteiger partial charge in [-0.15, -0.1) is 0 Å². The van der Waals surface area contributed by atoms with Gasteiger partial charge < -0.3 is 99.2 Å². The zero-order valence-electron chi connectivity index (χ0n) is 23.0. The summed E-state index contributed by atoms with van der Waals surface area (Å²) in [6.45, 7) is -2.90. The van der Waals surface area contributed by atoms with Gasteiger partial charge in [0.2, 0.25) is 0 Å². The van der Waals surface area contributed by atoms with Crippen LogP contribution in [0.25, 0.3) is 0 Å². The van der Waals surface area contributed by atoms with Gasteiger partial charge in [0.1, 0.15) is 97.7 Å². The Kier molecular flexibility index (Phi) is 11.1. The minimum atomic E-state index is -1.88. The summed E-state index contributed by atoms with van der Waals surface area (Å²) < 4.78 is 44.4. The van der Waals surface area contributed by atoms with Gasteiger partial charge in [-0.1, -0.05) is 0 Å². The molecule has 256 valence electrons. The average molecular weight is 649 g/mol. The summed E-state index contributed by atoms with van der Waals surface area (Å²) in [5, 5.41) is 121. The Hall–Kier alpha value is -0.800. The molecule has 5 fully saturated rings. The van der Waals surface area contributed by atoms with Crippen molar-refractivity contribution < 1.29 is 99.2 Å². The highest BCUT2D eigenvalue weighted by Crippen LogP contribution is 2.42. The Labute approximate surface area is 249 Å². The number of hydrogen-bond acceptors (Lipinski definition) is 20. The Morgan fingerprint density at radius 3 is 1.39 bits per heavy atom. The first-order valence-electron chi connectivity index (χ1n) is 14.1. The molecule has 1 unspecified atom stereocenters. The lowest BCUT2D eigenvalue weighted by molar-refractivity contribution is -0.370. The third kappa shape index (κ3) is 6.50. The lowest BCUT2D eigenvalue weighted by atomic mass is 9.96. The molecule has 5 heterocycles. The van der Waals surface area contributed by atoms with Gasteiger partial charge in [0.05, 0.1) is 26.4 Å². The summed E-state index contributed by atoms with van der Waals surface area (Å²) in [5.74, 6) is 0. The highest BCUT2D eigenvalue weighted by atomic mass is 16.8. The van der Waals surface area contributed by atoms with E-state index in [1.165, 1.54) is 0 Å². The van der Waals surface area contributed by atoms with Crippen molar-refractivity contribution in [2.45, 2.75) is 123 Å². The first kappa shape index (κ1) is 34.5. The molecule has 0 aromatic carbocycles. The van der Waals surface area contributed by atoms with Crippen molar-refractivity contribution in [1.82, 2.24) is 0 Å². The first-order chi connectivity index (χ1) is 20.9. The van der Waals surface area contributed by atoms with Gasteiger partial charge in [0.25, 0.3) is 0 Å². The van der Waals surface area contributed by atoms with Gasteiger partial charge in [0.15, 0.2) is 25.2 Å². The molecule has 12 N–H and O–H groups in total. The molecule has 0 amide bonds. The minimum Gasteiger partial charge on any atom is -0.394 e. The quantitative estimate of drug-likeness (QED) is 0.0978. The van der Waals surface area contributed by atoms with Crippen LogP contribution >= 0.6 is 0 Å². The van der Waals surface area contributed by atoms with Gasteiger partial charge >= 0.3 is 0 Å². The molecule has 20 nitrogen and oxygen atoms in total. The number of ether oxygens (including phenoxy) is 8. The van der Waals surface area contributed by atoms with E-state index in [2.05, 4.69) is 0 Å². The molecular formula is C24H40O20. The highest BCUT2D eigenvalue weighted by Gasteiger charge is 2.62. The molecule has 5 saturated heterocycles. The summed E-state index contributed by atoms with van der Waals surface area (Å²) >= 11 is 0. The van der Waals surface area contributed by atoms with E-state index in [9.17, 15) is 61.3 Å². The molecule has 5 aliphatic heterocycles. The van der Waals surface area contributed by atoms with Crippen LogP contribution in [0.5, 0.6) is 0 Å². The zero-order valence-corrected chi connectivity index (χ0v) is 23.0. The molecule has 0 aliphatic carbocycles. The van der Waals surface area contributed by atoms with Crippen molar-refractivity contribution in [2.24, 2.45) is 0 Å². The van der Waals surface area contributed by atoms with Crippen molar-refractivity contribution in [1.29, 1.82) is 0 Å². The molecule has 5 rings (SSSR count). The topological polar surface area (TPSA) is 320 Å². The molecular weight excluding hydrogens is 608 g/mol. The molecule has 20 heteroatoms. The lowest BCUT2D eigenvalue weighted by Crippen LogP contribution is -2.65. The second-order valence-corrected chi connectivity index (χ2v) is 11.2. The van der Waals surface area contributed by atoms with Crippen LogP contribution in [0, 0.1) is 0 Å². The van der Waals surface area contributed by atoms with Crippen LogP contribution in [-0.2, 0) is 37.9 Å². The second-order valence-electron chi connectivity index (χ2n) is 11.2. The van der Waals surface area contributed by atoms with Crippen molar-refractivity contribution in [3.8, 4) is 0 Å². The Bertz CT molecular complexity index is 926. The monoisotopic (exact) mass is 648 g/mol. The Morgan fingerprint density at radius 1 is 0.364 bits per heavy atom. The summed E-state index contributed by atoms with van der Waals surface area (Å²) in [5.41, 5.74) is 0. The fraction of sp³-hybridized carbons (Fsp3) is 1.00. The predicted octanol–water partition coefficient (Wildman–Crippen LogP) is -8.70. The minimum absolute atomic E-state index is 0.668. The van der Waals surface area contributed by atoms with E-state index < -0.39 is 149 Å². The molecule has 0 aromatic heterocycles. The first-order valence-corrected chi connectivity index (χ1v) is 14.1. The van der Waals surface area contributed by atoms with E-state index in [4.69, 9.17) is 37.9 Å². The number of fused-ring (bicyclic) bond motifs is 1. The largest absolute Gasteiger partial charge is 0.394 e. The molecule has 5 aliphatic rings. The van der Waals surface area contributed by atoms with Gasteiger partial charge in [-0.25, -0.2) is 0 Å². The van der Waals surface area contributed by atoms with E-state index in [0.29, 0.717) is 0 Å². The van der Waals surface area contributed by atoms with Crippen LogP contribution < -0.4 is 0 Å². The van der Waals surface area contributed by atoms with E-state index in [0.717, 1.165) is 0 Å². The SMILES string of the molecule is OC[C@H]1O[C@H](O[C@H]2[C@H]3O[C@H]3[C@@H](O[C@H]3[C@H](O)[C@@H](O)[C@@H](O[C@H]4[C@H](O)[C@@H](O)C(O)O[C@@H]4CO)O[C@@H]3CO)O[C@@H]2CO)[C@H](O)[C@@H](O)[C@@H]1O. The number of hydrogen-bond donors (Lipinski definition) is 12. The molecule has 0 radical (unpaired) electrons. The Balaban J connectivity index is 1.22. The van der Waals surface area contributed by atoms with Crippen molar-refractivity contribution in [3.05, 3.63) is 0 Å². The molecule has 44 heavy (non-hydrogen) atoms. The third-order valence-corrected chi connectivity index (χ3v) is 8.39. The lowest BCUT2D eigenvalue weighted by Gasteiger charge is -2.47. The number of rotatable bonds is 10. The fourth-order valence-electron chi connectivity index (χ4n) is 5.79. The van der Waals surface area contributed by atoms with Crippen LogP contribution in [0.15, 0.2) is 0 Å². The maximum absolute atomic E-state index is 10.9. The zero-order chi connectivity index (χ0) is 32.0. The second kappa shape index (κ2) is 14.1. The number of epoxide rings is 1. The summed E-state index contributed by atoms with van der Waals surface area (Å²) in [6.07, 6.45) is -29.7. The van der Waals surface area contributed by atoms with Crippen LogP contribution in [-0.4, -0.2) is 211 Å². The normalized spacial score (nSPS) is 54.5. The Morgan fingerprint density at radius 2 is 0.795 bits per heavy atom. The van der Waals surface area contributed by atoms with Gasteiger partial charge in [-0.05, 0) is 0 Å².